The molecule has 1 heterocycles. The van der Waals surface area contributed by atoms with Gasteiger partial charge in [-0.2, -0.15) is 13.2 Å². The molecule has 0 unspecified atom stereocenters. The van der Waals surface area contributed by atoms with Crippen LogP contribution in [0.1, 0.15) is 0 Å². The normalized spacial score (nSPS) is 11.4. The van der Waals surface area contributed by atoms with Gasteiger partial charge in [0.1, 0.15) is 0 Å². The van der Waals surface area contributed by atoms with Gasteiger partial charge in [-0.05, 0) is 15.9 Å². The van der Waals surface area contributed by atoms with Crippen molar-refractivity contribution in [3.05, 3.63) is 17.0 Å². The third-order valence-electron chi connectivity index (χ3n) is 0.995. The largest absolute Gasteiger partial charge is 0.466 e. The maximum atomic E-state index is 11.7. The van der Waals surface area contributed by atoms with E-state index >= 15 is 0 Å². The van der Waals surface area contributed by atoms with Crippen LogP contribution >= 0.6 is 15.9 Å². The Morgan fingerprint density at radius 3 is 2.46 bits per heavy atom. The molecule has 0 aliphatic rings. The highest BCUT2D eigenvalue weighted by Crippen LogP contribution is 2.21. The summed E-state index contributed by atoms with van der Waals surface area (Å²) in [5.41, 5.74) is 0. The van der Waals surface area contributed by atoms with Crippen LogP contribution in [0.4, 0.5) is 13.2 Å². The second-order valence-corrected chi connectivity index (χ2v) is 2.81. The summed E-state index contributed by atoms with van der Waals surface area (Å²) in [5.74, 6) is -0.167. The molecule has 0 saturated heterocycles. The van der Waals surface area contributed by atoms with Gasteiger partial charge in [0.15, 0.2) is 11.2 Å². The van der Waals surface area contributed by atoms with E-state index in [1.54, 1.807) is 0 Å². The van der Waals surface area contributed by atoms with Crippen molar-refractivity contribution < 1.29 is 17.9 Å². The van der Waals surface area contributed by atoms with E-state index in [1.807, 2.05) is 0 Å². The summed E-state index contributed by atoms with van der Waals surface area (Å²) in [4.78, 5) is 7.19. The zero-order valence-corrected chi connectivity index (χ0v) is 7.76. The van der Waals surface area contributed by atoms with Crippen LogP contribution in [0.3, 0.4) is 0 Å². The Morgan fingerprint density at radius 1 is 1.31 bits per heavy atom. The van der Waals surface area contributed by atoms with E-state index in [0.29, 0.717) is 0 Å². The van der Waals surface area contributed by atoms with Gasteiger partial charge in [0.05, 0.1) is 0 Å². The first-order valence-electron chi connectivity index (χ1n) is 3.15. The van der Waals surface area contributed by atoms with Gasteiger partial charge in [0.25, 0.3) is 0 Å². The molecular formula is C6H4BrF3N2O. The Kier molecular flexibility index (Phi) is 3.07. The summed E-state index contributed by atoms with van der Waals surface area (Å²) >= 11 is 2.90. The van der Waals surface area contributed by atoms with Gasteiger partial charge >= 0.3 is 6.18 Å². The summed E-state index contributed by atoms with van der Waals surface area (Å²) < 4.78 is 39.6. The molecular weight excluding hydrogens is 253 g/mol. The molecule has 0 N–H and O–H groups in total. The molecule has 1 aromatic heterocycles. The number of nitrogens with zero attached hydrogens (tertiary/aromatic N) is 2. The summed E-state index contributed by atoms with van der Waals surface area (Å²) in [6.07, 6.45) is -1.78. The van der Waals surface area contributed by atoms with Crippen LogP contribution in [0, 0.1) is 0 Å². The second-order valence-electron chi connectivity index (χ2n) is 2.06. The van der Waals surface area contributed by atoms with Crippen LogP contribution < -0.4 is 4.74 Å². The molecule has 1 rings (SSSR count). The highest BCUT2D eigenvalue weighted by atomic mass is 79.9. The van der Waals surface area contributed by atoms with E-state index in [9.17, 15) is 13.2 Å². The molecule has 0 saturated carbocycles. The van der Waals surface area contributed by atoms with Crippen LogP contribution in [0.2, 0.25) is 0 Å². The first kappa shape index (κ1) is 10.2. The van der Waals surface area contributed by atoms with Crippen molar-refractivity contribution in [3.8, 4) is 5.88 Å². The molecule has 0 radical (unpaired) electrons. The van der Waals surface area contributed by atoms with Gasteiger partial charge in [-0.3, -0.25) is 0 Å². The number of ether oxygens (including phenoxy) is 1. The SMILES string of the molecule is FC(F)(F)COc1nccnc1Br. The Balaban J connectivity index is 2.60. The monoisotopic (exact) mass is 256 g/mol. The Bertz CT molecular complexity index is 291. The van der Waals surface area contributed by atoms with Gasteiger partial charge in [-0.25, -0.2) is 9.97 Å². The van der Waals surface area contributed by atoms with Gasteiger partial charge in [0.2, 0.25) is 5.88 Å². The molecule has 1 aromatic rings. The fourth-order valence-electron chi connectivity index (χ4n) is 0.555. The van der Waals surface area contributed by atoms with E-state index in [4.69, 9.17) is 0 Å². The zero-order valence-electron chi connectivity index (χ0n) is 6.18. The number of rotatable bonds is 2. The van der Waals surface area contributed by atoms with Crippen molar-refractivity contribution >= 4 is 15.9 Å². The average molecular weight is 257 g/mol. The smallest absolute Gasteiger partial charge is 0.422 e. The lowest BCUT2D eigenvalue weighted by Crippen LogP contribution is -2.19. The van der Waals surface area contributed by atoms with Crippen molar-refractivity contribution in [1.29, 1.82) is 0 Å². The van der Waals surface area contributed by atoms with Crippen LogP contribution in [0.25, 0.3) is 0 Å². The van der Waals surface area contributed by atoms with Crippen LogP contribution in [-0.4, -0.2) is 22.8 Å². The molecule has 0 amide bonds. The highest BCUT2D eigenvalue weighted by molar-refractivity contribution is 9.10. The number of halogens is 4. The first-order chi connectivity index (χ1) is 5.99. The fraction of sp³-hybridized carbons (Fsp3) is 0.333. The van der Waals surface area contributed by atoms with Crippen molar-refractivity contribution in [3.63, 3.8) is 0 Å². The standard InChI is InChI=1S/C6H4BrF3N2O/c7-4-5(12-2-1-11-4)13-3-6(8,9)10/h1-2H,3H2. The zero-order chi connectivity index (χ0) is 9.90. The third kappa shape index (κ3) is 3.58. The molecule has 0 aliphatic carbocycles. The summed E-state index contributed by atoms with van der Waals surface area (Å²) in [5, 5.41) is 0. The maximum Gasteiger partial charge on any atom is 0.422 e. The molecule has 0 aromatic carbocycles. The van der Waals surface area contributed by atoms with Crippen LogP contribution in [0.15, 0.2) is 17.0 Å². The van der Waals surface area contributed by atoms with Crippen molar-refractivity contribution in [2.24, 2.45) is 0 Å². The Labute approximate surface area is 80.1 Å². The van der Waals surface area contributed by atoms with Crippen molar-refractivity contribution in [2.75, 3.05) is 6.61 Å². The van der Waals surface area contributed by atoms with E-state index in [0.717, 1.165) is 0 Å². The van der Waals surface area contributed by atoms with E-state index in [2.05, 4.69) is 30.6 Å². The lowest BCUT2D eigenvalue weighted by Gasteiger charge is -2.08. The van der Waals surface area contributed by atoms with E-state index in [-0.39, 0.29) is 10.5 Å². The first-order valence-corrected chi connectivity index (χ1v) is 3.94. The Morgan fingerprint density at radius 2 is 1.92 bits per heavy atom. The average Bonchev–Trinajstić information content (AvgIpc) is 2.01. The van der Waals surface area contributed by atoms with Gasteiger partial charge in [-0.15, -0.1) is 0 Å². The van der Waals surface area contributed by atoms with Crippen LogP contribution in [0.5, 0.6) is 5.88 Å². The lowest BCUT2D eigenvalue weighted by molar-refractivity contribution is -0.154. The Hall–Kier alpha value is -0.850. The molecule has 72 valence electrons. The molecule has 0 spiro atoms. The lowest BCUT2D eigenvalue weighted by atomic mass is 10.7. The van der Waals surface area contributed by atoms with E-state index < -0.39 is 12.8 Å². The number of alkyl halides is 3. The molecule has 7 heteroatoms. The van der Waals surface area contributed by atoms with Crippen molar-refractivity contribution in [1.82, 2.24) is 9.97 Å². The fourth-order valence-corrected chi connectivity index (χ4v) is 0.890. The second kappa shape index (κ2) is 3.91. The van der Waals surface area contributed by atoms with Crippen molar-refractivity contribution in [2.45, 2.75) is 6.18 Å². The van der Waals surface area contributed by atoms with Crippen LogP contribution in [-0.2, 0) is 0 Å². The van der Waals surface area contributed by atoms with Gasteiger partial charge in [0, 0.05) is 12.4 Å². The number of hydrogen-bond donors (Lipinski definition) is 0. The van der Waals surface area contributed by atoms with E-state index in [1.165, 1.54) is 12.4 Å². The quantitative estimate of drug-likeness (QED) is 0.814. The minimum absolute atomic E-state index is 0.152. The topological polar surface area (TPSA) is 35.0 Å². The molecule has 0 fully saturated rings. The number of hydrogen-bond acceptors (Lipinski definition) is 3. The summed E-state index contributed by atoms with van der Waals surface area (Å²) in [6, 6.07) is 0. The highest BCUT2D eigenvalue weighted by Gasteiger charge is 2.29. The molecule has 3 nitrogen and oxygen atoms in total. The predicted molar refractivity (Wildman–Crippen MR) is 41.3 cm³/mol. The predicted octanol–water partition coefficient (Wildman–Crippen LogP) is 2.18. The number of aromatic nitrogens is 2. The third-order valence-corrected chi connectivity index (χ3v) is 1.54. The molecule has 0 atom stereocenters. The minimum atomic E-state index is -4.36. The summed E-state index contributed by atoms with van der Waals surface area (Å²) in [7, 11) is 0. The van der Waals surface area contributed by atoms with Gasteiger partial charge < -0.3 is 4.74 Å². The minimum Gasteiger partial charge on any atom is -0.466 e. The molecule has 0 aliphatic heterocycles. The molecule has 13 heavy (non-hydrogen) atoms. The molecule has 0 bridgehead atoms. The maximum absolute atomic E-state index is 11.7. The summed E-state index contributed by atoms with van der Waals surface area (Å²) in [6.45, 7) is -1.37. The van der Waals surface area contributed by atoms with Gasteiger partial charge in [-0.1, -0.05) is 0 Å².